The molecule has 0 unspecified atom stereocenters. The Balaban J connectivity index is 1.88. The number of aryl methyl sites for hydroxylation is 1. The summed E-state index contributed by atoms with van der Waals surface area (Å²) < 4.78 is 52.9. The Labute approximate surface area is 179 Å². The maximum absolute atomic E-state index is 14.2. The number of hydrogen-bond donors (Lipinski definition) is 1. The van der Waals surface area contributed by atoms with Crippen LogP contribution in [0, 0.1) is 11.6 Å². The zero-order valence-corrected chi connectivity index (χ0v) is 18.4. The molecule has 9 heteroatoms. The second-order valence-corrected chi connectivity index (χ2v) is 11.0. The number of nitrogens with zero attached hydrogens (tertiary/aromatic N) is 2. The Hall–Kier alpha value is -3.07. The van der Waals surface area contributed by atoms with Gasteiger partial charge in [-0.1, -0.05) is 12.1 Å². The molecule has 3 rings (SSSR count). The topological polar surface area (TPSA) is 81.1 Å². The minimum absolute atomic E-state index is 0.00262. The van der Waals surface area contributed by atoms with Crippen molar-refractivity contribution in [1.82, 2.24) is 9.78 Å². The van der Waals surface area contributed by atoms with Gasteiger partial charge in [-0.05, 0) is 50.6 Å². The van der Waals surface area contributed by atoms with Crippen molar-refractivity contribution in [3.63, 3.8) is 0 Å². The van der Waals surface area contributed by atoms with Crippen molar-refractivity contribution in [1.29, 1.82) is 0 Å². The highest BCUT2D eigenvalue weighted by atomic mass is 32.2. The lowest BCUT2D eigenvalue weighted by Gasteiger charge is -2.19. The van der Waals surface area contributed by atoms with Crippen LogP contribution in [-0.2, 0) is 22.6 Å². The van der Waals surface area contributed by atoms with E-state index in [1.54, 1.807) is 52.1 Å². The summed E-state index contributed by atoms with van der Waals surface area (Å²) >= 11 is 0. The normalized spacial score (nSPS) is 12.1. The summed E-state index contributed by atoms with van der Waals surface area (Å²) in [5.41, 5.74) is 1.09. The molecule has 164 valence electrons. The highest BCUT2D eigenvalue weighted by molar-refractivity contribution is 7.91. The summed E-state index contributed by atoms with van der Waals surface area (Å²) in [5, 5.41) is 6.84. The molecule has 2 aromatic carbocycles. The molecule has 31 heavy (non-hydrogen) atoms. The van der Waals surface area contributed by atoms with Crippen molar-refractivity contribution in [2.24, 2.45) is 7.05 Å². The summed E-state index contributed by atoms with van der Waals surface area (Å²) in [6.07, 6.45) is 1.43. The molecule has 1 N–H and O–H groups in total. The Morgan fingerprint density at radius 1 is 1.13 bits per heavy atom. The molecule has 1 amide bonds. The van der Waals surface area contributed by atoms with Crippen LogP contribution in [0.5, 0.6) is 0 Å². The van der Waals surface area contributed by atoms with Gasteiger partial charge in [0.05, 0.1) is 16.1 Å². The fourth-order valence-corrected chi connectivity index (χ4v) is 3.96. The number of carbonyl (C=O) groups excluding carboxylic acids is 1. The van der Waals surface area contributed by atoms with Crippen molar-refractivity contribution in [3.8, 4) is 11.3 Å². The van der Waals surface area contributed by atoms with E-state index in [0.717, 1.165) is 12.1 Å². The molecule has 3 aromatic rings. The lowest BCUT2D eigenvalue weighted by Crippen LogP contribution is -2.29. The molecule has 0 atom stereocenters. The van der Waals surface area contributed by atoms with Gasteiger partial charge in [0.15, 0.2) is 9.84 Å². The maximum Gasteiger partial charge on any atom is 0.259 e. The van der Waals surface area contributed by atoms with Crippen LogP contribution >= 0.6 is 0 Å². The van der Waals surface area contributed by atoms with Gasteiger partial charge in [-0.25, -0.2) is 17.2 Å². The van der Waals surface area contributed by atoms with E-state index in [1.807, 2.05) is 0 Å². The number of rotatable bonds is 5. The number of anilines is 1. The third kappa shape index (κ3) is 4.99. The fourth-order valence-electron chi connectivity index (χ4n) is 2.91. The van der Waals surface area contributed by atoms with Crippen molar-refractivity contribution in [2.75, 3.05) is 5.32 Å². The number of carbonyl (C=O) groups is 1. The molecule has 0 aliphatic heterocycles. The highest BCUT2D eigenvalue weighted by Crippen LogP contribution is 2.27. The largest absolute Gasteiger partial charge is 0.322 e. The molecule has 0 fully saturated rings. The summed E-state index contributed by atoms with van der Waals surface area (Å²) in [4.78, 5) is 12.9. The van der Waals surface area contributed by atoms with Gasteiger partial charge in [-0.15, -0.1) is 0 Å². The number of aromatic nitrogens is 2. The predicted molar refractivity (Wildman–Crippen MR) is 115 cm³/mol. The van der Waals surface area contributed by atoms with Crippen LogP contribution in [0.25, 0.3) is 11.3 Å². The molecule has 6 nitrogen and oxygen atoms in total. The van der Waals surface area contributed by atoms with Crippen LogP contribution in [0.1, 0.15) is 36.7 Å². The third-order valence-corrected chi connectivity index (χ3v) is 7.31. The quantitative estimate of drug-likeness (QED) is 0.631. The van der Waals surface area contributed by atoms with Gasteiger partial charge < -0.3 is 5.32 Å². The van der Waals surface area contributed by atoms with E-state index in [4.69, 9.17) is 0 Å². The van der Waals surface area contributed by atoms with E-state index in [2.05, 4.69) is 10.4 Å². The minimum Gasteiger partial charge on any atom is -0.322 e. The number of benzene rings is 2. The average Bonchev–Trinajstić information content (AvgIpc) is 3.02. The Kier molecular flexibility index (Phi) is 6.00. The van der Waals surface area contributed by atoms with Crippen LogP contribution in [0.3, 0.4) is 0 Å². The first-order chi connectivity index (χ1) is 14.4. The van der Waals surface area contributed by atoms with Gasteiger partial charge in [-0.3, -0.25) is 9.48 Å². The molecule has 0 aliphatic carbocycles. The Morgan fingerprint density at radius 2 is 1.84 bits per heavy atom. The first-order valence-electron chi connectivity index (χ1n) is 9.49. The molecule has 0 spiro atoms. The minimum atomic E-state index is -3.39. The fraction of sp³-hybridized carbons (Fsp3) is 0.273. The van der Waals surface area contributed by atoms with Crippen molar-refractivity contribution in [3.05, 3.63) is 71.4 Å². The van der Waals surface area contributed by atoms with Crippen molar-refractivity contribution >= 4 is 21.4 Å². The summed E-state index contributed by atoms with van der Waals surface area (Å²) in [7, 11) is -1.81. The van der Waals surface area contributed by atoms with Crippen LogP contribution < -0.4 is 5.32 Å². The van der Waals surface area contributed by atoms with Gasteiger partial charge in [0.2, 0.25) is 0 Å². The van der Waals surface area contributed by atoms with Gasteiger partial charge in [0.1, 0.15) is 17.3 Å². The van der Waals surface area contributed by atoms with E-state index >= 15 is 0 Å². The van der Waals surface area contributed by atoms with E-state index in [-0.39, 0.29) is 22.6 Å². The van der Waals surface area contributed by atoms with Crippen molar-refractivity contribution in [2.45, 2.75) is 31.3 Å². The zero-order valence-electron chi connectivity index (χ0n) is 17.6. The molecule has 0 saturated carbocycles. The maximum atomic E-state index is 14.2. The van der Waals surface area contributed by atoms with E-state index in [9.17, 15) is 22.0 Å². The summed E-state index contributed by atoms with van der Waals surface area (Å²) in [6.45, 7) is 4.89. The highest BCUT2D eigenvalue weighted by Gasteiger charge is 2.29. The van der Waals surface area contributed by atoms with E-state index in [1.165, 1.54) is 16.9 Å². The monoisotopic (exact) mass is 447 g/mol. The molecule has 1 heterocycles. The SMILES string of the molecule is Cn1cc(C(=O)Nc2cccc(CS(=O)(=O)C(C)(C)C)c2)c(-c2ccc(F)cc2F)n1. The second kappa shape index (κ2) is 8.22. The first-order valence-corrected chi connectivity index (χ1v) is 11.1. The van der Waals surface area contributed by atoms with Crippen LogP contribution in [0.15, 0.2) is 48.7 Å². The number of amides is 1. The lowest BCUT2D eigenvalue weighted by molar-refractivity contribution is 0.102. The standard InChI is InChI=1S/C22H23F2N3O3S/c1-22(2,3)31(29,30)13-14-6-5-7-16(10-14)25-21(28)18-12-27(4)26-20(18)17-9-8-15(23)11-19(17)24/h5-12H,13H2,1-4H3,(H,25,28). The smallest absolute Gasteiger partial charge is 0.259 e. The Bertz CT molecular complexity index is 1250. The van der Waals surface area contributed by atoms with Gasteiger partial charge in [0.25, 0.3) is 5.91 Å². The molecular formula is C22H23F2N3O3S. The van der Waals surface area contributed by atoms with Crippen LogP contribution in [0.2, 0.25) is 0 Å². The number of halogens is 2. The van der Waals surface area contributed by atoms with E-state index < -0.39 is 32.1 Å². The molecule has 1 aromatic heterocycles. The summed E-state index contributed by atoms with van der Waals surface area (Å²) in [5.74, 6) is -2.28. The van der Waals surface area contributed by atoms with Gasteiger partial charge in [-0.2, -0.15) is 5.10 Å². The average molecular weight is 448 g/mol. The van der Waals surface area contributed by atoms with E-state index in [0.29, 0.717) is 11.3 Å². The summed E-state index contributed by atoms with van der Waals surface area (Å²) in [6, 6.07) is 9.56. The van der Waals surface area contributed by atoms with Crippen LogP contribution in [-0.4, -0.2) is 28.9 Å². The molecule has 0 aliphatic rings. The molecule has 0 radical (unpaired) electrons. The predicted octanol–water partition coefficient (Wildman–Crippen LogP) is 4.33. The number of nitrogens with one attached hydrogen (secondary N) is 1. The number of sulfone groups is 1. The van der Waals surface area contributed by atoms with Crippen LogP contribution in [0.4, 0.5) is 14.5 Å². The van der Waals surface area contributed by atoms with Gasteiger partial charge >= 0.3 is 0 Å². The first kappa shape index (κ1) is 22.6. The third-order valence-electron chi connectivity index (χ3n) is 4.73. The molecule has 0 bridgehead atoms. The second-order valence-electron chi connectivity index (χ2n) is 8.22. The van der Waals surface area contributed by atoms with Gasteiger partial charge in [0, 0.05) is 30.6 Å². The Morgan fingerprint density at radius 3 is 2.48 bits per heavy atom. The zero-order chi connectivity index (χ0) is 23.0. The lowest BCUT2D eigenvalue weighted by atomic mass is 10.1. The van der Waals surface area contributed by atoms with Crippen molar-refractivity contribution < 1.29 is 22.0 Å². The molecule has 0 saturated heterocycles. The molecular weight excluding hydrogens is 424 g/mol. The number of hydrogen-bond acceptors (Lipinski definition) is 4.